The Kier molecular flexibility index (Phi) is 7.25. The molecule has 0 radical (unpaired) electrons. The molecule has 0 aliphatic carbocycles. The lowest BCUT2D eigenvalue weighted by molar-refractivity contribution is -0.133. The van der Waals surface area contributed by atoms with Gasteiger partial charge in [-0.05, 0) is 19.3 Å². The number of rotatable bonds is 5. The molecule has 0 aromatic heterocycles. The molecule has 1 heterocycles. The zero-order chi connectivity index (χ0) is 12.9. The number of nitrogens with one attached hydrogen (secondary N) is 2. The summed E-state index contributed by atoms with van der Waals surface area (Å²) in [6.45, 7) is 4.86. The number of halogens is 1. The summed E-state index contributed by atoms with van der Waals surface area (Å²) in [5.41, 5.74) is 5.27. The van der Waals surface area contributed by atoms with Crippen LogP contribution in [0.2, 0.25) is 0 Å². The summed E-state index contributed by atoms with van der Waals surface area (Å²) in [5, 5.41) is 5.76. The summed E-state index contributed by atoms with van der Waals surface area (Å²) in [4.78, 5) is 23.2. The van der Waals surface area contributed by atoms with E-state index in [0.717, 1.165) is 12.8 Å². The maximum absolute atomic E-state index is 12.2. The first-order valence-corrected chi connectivity index (χ1v) is 6.35. The van der Waals surface area contributed by atoms with Crippen molar-refractivity contribution in [3.05, 3.63) is 0 Å². The summed E-state index contributed by atoms with van der Waals surface area (Å²) < 4.78 is 0. The normalized spacial score (nSPS) is 19.7. The molecule has 1 unspecified atom stereocenters. The molecule has 6 heteroatoms. The molecule has 0 spiro atoms. The van der Waals surface area contributed by atoms with Crippen LogP contribution in [0.5, 0.6) is 0 Å². The van der Waals surface area contributed by atoms with Crippen LogP contribution in [-0.2, 0) is 9.59 Å². The van der Waals surface area contributed by atoms with Gasteiger partial charge in [-0.25, -0.2) is 0 Å². The van der Waals surface area contributed by atoms with E-state index in [2.05, 4.69) is 10.6 Å². The minimum absolute atomic E-state index is 0. The first kappa shape index (κ1) is 17.2. The van der Waals surface area contributed by atoms with Gasteiger partial charge < -0.3 is 16.4 Å². The summed E-state index contributed by atoms with van der Waals surface area (Å²) in [6, 6.07) is 0.0456. The molecular formula is C12H24ClN3O2. The highest BCUT2D eigenvalue weighted by atomic mass is 35.5. The molecule has 5 nitrogen and oxygen atoms in total. The lowest BCUT2D eigenvalue weighted by Gasteiger charge is -2.32. The second-order valence-electron chi connectivity index (χ2n) is 4.70. The van der Waals surface area contributed by atoms with Crippen LogP contribution in [0.15, 0.2) is 0 Å². The van der Waals surface area contributed by atoms with Gasteiger partial charge in [-0.1, -0.05) is 13.8 Å². The zero-order valence-corrected chi connectivity index (χ0v) is 11.9. The number of amides is 2. The van der Waals surface area contributed by atoms with Crippen molar-refractivity contribution in [2.45, 2.75) is 45.6 Å². The number of carbonyl (C=O) groups is 2. The summed E-state index contributed by atoms with van der Waals surface area (Å²) in [5.74, 6) is 0.0812. The zero-order valence-electron chi connectivity index (χ0n) is 11.1. The molecule has 1 aliphatic rings. The van der Waals surface area contributed by atoms with Crippen molar-refractivity contribution < 1.29 is 9.59 Å². The van der Waals surface area contributed by atoms with Crippen LogP contribution >= 0.6 is 12.4 Å². The van der Waals surface area contributed by atoms with Gasteiger partial charge in [-0.3, -0.25) is 9.59 Å². The van der Waals surface area contributed by atoms with Crippen LogP contribution in [0.25, 0.3) is 0 Å². The number of carbonyl (C=O) groups excluding carboxylic acids is 2. The highest BCUT2D eigenvalue weighted by Gasteiger charge is 2.34. The molecule has 0 aromatic carbocycles. The van der Waals surface area contributed by atoms with Crippen LogP contribution in [0, 0.1) is 5.41 Å². The maximum Gasteiger partial charge on any atom is 0.227 e. The molecule has 1 rings (SSSR count). The Morgan fingerprint density at radius 2 is 2.11 bits per heavy atom. The number of piperidine rings is 1. The Bertz CT molecular complexity index is 275. The highest BCUT2D eigenvalue weighted by Crippen LogP contribution is 2.25. The number of hydrogen-bond donors (Lipinski definition) is 3. The predicted octanol–water partition coefficient (Wildman–Crippen LogP) is 0.568. The van der Waals surface area contributed by atoms with E-state index in [1.807, 2.05) is 13.8 Å². The van der Waals surface area contributed by atoms with Crippen LogP contribution in [0.1, 0.15) is 39.5 Å². The van der Waals surface area contributed by atoms with Crippen molar-refractivity contribution >= 4 is 24.2 Å². The van der Waals surface area contributed by atoms with Crippen LogP contribution < -0.4 is 16.4 Å². The topological polar surface area (TPSA) is 84.2 Å². The standard InChI is InChI=1S/C12H23N3O2.ClH/c1-3-12(4-2,8-13)11(17)15-9-5-6-10(16)14-7-9;/h9H,3-8,13H2,1-2H3,(H,14,16)(H,15,17);1H. The van der Waals surface area contributed by atoms with Crippen molar-refractivity contribution in [2.75, 3.05) is 13.1 Å². The van der Waals surface area contributed by atoms with Crippen molar-refractivity contribution in [1.29, 1.82) is 0 Å². The second kappa shape index (κ2) is 7.59. The van der Waals surface area contributed by atoms with E-state index in [9.17, 15) is 9.59 Å². The SMILES string of the molecule is CCC(CC)(CN)C(=O)NC1CCC(=O)NC1.Cl. The Morgan fingerprint density at radius 3 is 2.50 bits per heavy atom. The first-order chi connectivity index (χ1) is 8.07. The summed E-state index contributed by atoms with van der Waals surface area (Å²) >= 11 is 0. The van der Waals surface area contributed by atoms with E-state index >= 15 is 0 Å². The molecule has 1 saturated heterocycles. The quantitative estimate of drug-likeness (QED) is 0.687. The lowest BCUT2D eigenvalue weighted by atomic mass is 9.81. The maximum atomic E-state index is 12.2. The van der Waals surface area contributed by atoms with E-state index in [-0.39, 0.29) is 30.3 Å². The van der Waals surface area contributed by atoms with E-state index in [4.69, 9.17) is 5.73 Å². The molecular weight excluding hydrogens is 254 g/mol. The fourth-order valence-electron chi connectivity index (χ4n) is 2.15. The first-order valence-electron chi connectivity index (χ1n) is 6.35. The lowest BCUT2D eigenvalue weighted by Crippen LogP contribution is -2.53. The fraction of sp³-hybridized carbons (Fsp3) is 0.833. The molecule has 1 aliphatic heterocycles. The minimum atomic E-state index is -0.457. The van der Waals surface area contributed by atoms with Gasteiger partial charge >= 0.3 is 0 Å². The van der Waals surface area contributed by atoms with Crippen molar-refractivity contribution in [2.24, 2.45) is 11.1 Å². The van der Waals surface area contributed by atoms with E-state index < -0.39 is 5.41 Å². The van der Waals surface area contributed by atoms with Crippen molar-refractivity contribution in [3.8, 4) is 0 Å². The number of hydrogen-bond acceptors (Lipinski definition) is 3. The summed E-state index contributed by atoms with van der Waals surface area (Å²) in [6.07, 6.45) is 2.68. The van der Waals surface area contributed by atoms with Gasteiger partial charge in [-0.15, -0.1) is 12.4 Å². The Hall–Kier alpha value is -0.810. The van der Waals surface area contributed by atoms with Gasteiger partial charge in [0.2, 0.25) is 11.8 Å². The fourth-order valence-corrected chi connectivity index (χ4v) is 2.15. The van der Waals surface area contributed by atoms with Gasteiger partial charge in [0, 0.05) is 25.6 Å². The second-order valence-corrected chi connectivity index (χ2v) is 4.70. The van der Waals surface area contributed by atoms with Gasteiger partial charge in [-0.2, -0.15) is 0 Å². The van der Waals surface area contributed by atoms with Gasteiger partial charge in [0.15, 0.2) is 0 Å². The smallest absolute Gasteiger partial charge is 0.227 e. The Labute approximate surface area is 115 Å². The van der Waals surface area contributed by atoms with Crippen LogP contribution in [0.3, 0.4) is 0 Å². The van der Waals surface area contributed by atoms with Crippen LogP contribution in [0.4, 0.5) is 0 Å². The molecule has 18 heavy (non-hydrogen) atoms. The van der Waals surface area contributed by atoms with Gasteiger partial charge in [0.05, 0.1) is 5.41 Å². The third-order valence-corrected chi connectivity index (χ3v) is 3.83. The average Bonchev–Trinajstić information content (AvgIpc) is 2.35. The van der Waals surface area contributed by atoms with E-state index in [1.165, 1.54) is 0 Å². The largest absolute Gasteiger partial charge is 0.354 e. The van der Waals surface area contributed by atoms with Gasteiger partial charge in [0.25, 0.3) is 0 Å². The third kappa shape index (κ3) is 3.85. The monoisotopic (exact) mass is 277 g/mol. The average molecular weight is 278 g/mol. The minimum Gasteiger partial charge on any atom is -0.354 e. The molecule has 1 fully saturated rings. The van der Waals surface area contributed by atoms with Crippen molar-refractivity contribution in [3.63, 3.8) is 0 Å². The molecule has 1 atom stereocenters. The van der Waals surface area contributed by atoms with E-state index in [0.29, 0.717) is 25.9 Å². The molecule has 4 N–H and O–H groups in total. The van der Waals surface area contributed by atoms with Crippen molar-refractivity contribution in [1.82, 2.24) is 10.6 Å². The van der Waals surface area contributed by atoms with Crippen LogP contribution in [-0.4, -0.2) is 30.9 Å². The predicted molar refractivity (Wildman–Crippen MR) is 73.5 cm³/mol. The van der Waals surface area contributed by atoms with E-state index in [1.54, 1.807) is 0 Å². The highest BCUT2D eigenvalue weighted by molar-refractivity contribution is 5.85. The molecule has 2 amide bonds. The molecule has 0 aromatic rings. The number of nitrogens with two attached hydrogens (primary N) is 1. The summed E-state index contributed by atoms with van der Waals surface area (Å²) in [7, 11) is 0. The van der Waals surface area contributed by atoms with Gasteiger partial charge in [0.1, 0.15) is 0 Å². The third-order valence-electron chi connectivity index (χ3n) is 3.83. The molecule has 0 saturated carbocycles. The Balaban J connectivity index is 0.00000289. The molecule has 0 bridgehead atoms. The Morgan fingerprint density at radius 1 is 1.50 bits per heavy atom. The molecule has 106 valence electrons.